The molecule has 1 aromatic carbocycles. The third-order valence-electron chi connectivity index (χ3n) is 7.53. The van der Waals surface area contributed by atoms with Crippen molar-refractivity contribution < 1.29 is 14.1 Å². The number of carbonyl (C=O) groups excluding carboxylic acids is 2. The highest BCUT2D eigenvalue weighted by molar-refractivity contribution is 5.99. The zero-order chi connectivity index (χ0) is 25.7. The molecule has 2 saturated heterocycles. The first-order valence-electron chi connectivity index (χ1n) is 12.4. The van der Waals surface area contributed by atoms with Gasteiger partial charge in [0, 0.05) is 57.8 Å². The molecule has 37 heavy (non-hydrogen) atoms. The molecule has 3 aromatic heterocycles. The first-order chi connectivity index (χ1) is 17.9. The summed E-state index contributed by atoms with van der Waals surface area (Å²) < 4.78 is 8.81. The van der Waals surface area contributed by atoms with Gasteiger partial charge in [0.25, 0.3) is 0 Å². The molecule has 0 unspecified atom stereocenters. The summed E-state index contributed by atoms with van der Waals surface area (Å²) >= 11 is 0. The summed E-state index contributed by atoms with van der Waals surface area (Å²) in [4.78, 5) is 50.2. The molecule has 11 heteroatoms. The second-order valence-corrected chi connectivity index (χ2v) is 9.75. The average molecular weight is 502 g/mol. The third kappa shape index (κ3) is 4.00. The van der Waals surface area contributed by atoms with Crippen molar-refractivity contribution in [2.24, 2.45) is 20.0 Å². The molecule has 11 nitrogen and oxygen atoms in total. The summed E-state index contributed by atoms with van der Waals surface area (Å²) in [5, 5.41) is 4.18. The Bertz CT molecular complexity index is 1550. The minimum atomic E-state index is -0.357. The van der Waals surface area contributed by atoms with Gasteiger partial charge >= 0.3 is 5.69 Å². The molecule has 0 spiro atoms. The number of imidazole rings is 1. The lowest BCUT2D eigenvalue weighted by atomic mass is 9.95. The summed E-state index contributed by atoms with van der Waals surface area (Å²) in [5.41, 5.74) is 2.33. The zero-order valence-corrected chi connectivity index (χ0v) is 20.7. The number of rotatable bonds is 4. The second-order valence-electron chi connectivity index (χ2n) is 9.75. The van der Waals surface area contributed by atoms with Gasteiger partial charge in [-0.05, 0) is 43.2 Å². The molecular formula is C26H27N7O4. The molecule has 0 radical (unpaired) electrons. The standard InChI is InChI=1S/C26H27N7O4/c1-30-19-7-6-17(13-20(19)31(2)26(30)36)23-28-24(37-29-23)16-8-11-32(12-9-16)25(35)18-14-22(34)33(15-18)21-5-3-4-10-27-21/h3-7,10,13,16,18H,8-9,11-12,14-15H2,1-2H3/t18-/m0/s1. The van der Waals surface area contributed by atoms with Gasteiger partial charge in [-0.3, -0.25) is 23.6 Å². The molecule has 4 aromatic rings. The summed E-state index contributed by atoms with van der Waals surface area (Å²) in [6.07, 6.45) is 3.28. The Labute approximate surface area is 212 Å². The highest BCUT2D eigenvalue weighted by atomic mass is 16.5. The lowest BCUT2D eigenvalue weighted by Gasteiger charge is -2.32. The molecule has 2 fully saturated rings. The van der Waals surface area contributed by atoms with E-state index in [1.54, 1.807) is 46.5 Å². The van der Waals surface area contributed by atoms with Crippen LogP contribution in [0.1, 0.15) is 31.1 Å². The van der Waals surface area contributed by atoms with Gasteiger partial charge in [-0.25, -0.2) is 9.78 Å². The van der Waals surface area contributed by atoms with E-state index in [1.807, 2.05) is 29.2 Å². The van der Waals surface area contributed by atoms with Crippen LogP contribution in [0.2, 0.25) is 0 Å². The molecule has 0 saturated carbocycles. The van der Waals surface area contributed by atoms with E-state index in [0.29, 0.717) is 50.0 Å². The average Bonchev–Trinajstić information content (AvgIpc) is 3.63. The predicted molar refractivity (Wildman–Crippen MR) is 135 cm³/mol. The number of anilines is 1. The number of fused-ring (bicyclic) bond motifs is 1. The number of aryl methyl sites for hydroxylation is 2. The smallest absolute Gasteiger partial charge is 0.328 e. The van der Waals surface area contributed by atoms with Crippen molar-refractivity contribution in [2.75, 3.05) is 24.5 Å². The fourth-order valence-corrected chi connectivity index (χ4v) is 5.38. The number of hydrogen-bond donors (Lipinski definition) is 0. The minimum absolute atomic E-state index is 0.0122. The molecule has 6 rings (SSSR count). The lowest BCUT2D eigenvalue weighted by Crippen LogP contribution is -2.42. The highest BCUT2D eigenvalue weighted by Crippen LogP contribution is 2.31. The van der Waals surface area contributed by atoms with Crippen LogP contribution in [0.4, 0.5) is 5.82 Å². The van der Waals surface area contributed by atoms with Crippen molar-refractivity contribution in [3.8, 4) is 11.4 Å². The molecule has 2 aliphatic heterocycles. The predicted octanol–water partition coefficient (Wildman–Crippen LogP) is 2.08. The van der Waals surface area contributed by atoms with E-state index in [-0.39, 0.29) is 35.8 Å². The normalized spacial score (nSPS) is 18.8. The van der Waals surface area contributed by atoms with E-state index >= 15 is 0 Å². The molecule has 0 aliphatic carbocycles. The van der Waals surface area contributed by atoms with Gasteiger partial charge in [-0.2, -0.15) is 4.98 Å². The Balaban J connectivity index is 1.10. The summed E-state index contributed by atoms with van der Waals surface area (Å²) in [7, 11) is 3.48. The van der Waals surface area contributed by atoms with Crippen LogP contribution in [0.5, 0.6) is 0 Å². The number of aromatic nitrogens is 5. The quantitative estimate of drug-likeness (QED) is 0.420. The zero-order valence-electron chi connectivity index (χ0n) is 20.7. The van der Waals surface area contributed by atoms with E-state index in [4.69, 9.17) is 4.52 Å². The molecule has 0 bridgehead atoms. The number of hydrogen-bond acceptors (Lipinski definition) is 7. The summed E-state index contributed by atoms with van der Waals surface area (Å²) in [6.45, 7) is 1.51. The van der Waals surface area contributed by atoms with E-state index in [1.165, 1.54) is 0 Å². The van der Waals surface area contributed by atoms with Crippen molar-refractivity contribution >= 4 is 28.7 Å². The fourth-order valence-electron chi connectivity index (χ4n) is 5.38. The number of nitrogens with zero attached hydrogens (tertiary/aromatic N) is 7. The van der Waals surface area contributed by atoms with Crippen molar-refractivity contribution in [1.29, 1.82) is 0 Å². The number of benzene rings is 1. The third-order valence-corrected chi connectivity index (χ3v) is 7.53. The summed E-state index contributed by atoms with van der Waals surface area (Å²) in [6, 6.07) is 11.1. The lowest BCUT2D eigenvalue weighted by molar-refractivity contribution is -0.136. The Morgan fingerprint density at radius 3 is 2.57 bits per heavy atom. The molecule has 190 valence electrons. The van der Waals surface area contributed by atoms with E-state index < -0.39 is 0 Å². The second kappa shape index (κ2) is 8.99. The SMILES string of the molecule is Cn1c(=O)n(C)c2cc(-c3noc(C4CCN(C(=O)[C@H]5CC(=O)N(c6ccccn6)C5)CC4)n3)ccc21. The number of pyridine rings is 1. The Kier molecular flexibility index (Phi) is 5.62. The van der Waals surface area contributed by atoms with Gasteiger partial charge in [-0.15, -0.1) is 0 Å². The van der Waals surface area contributed by atoms with Gasteiger partial charge in [-0.1, -0.05) is 11.2 Å². The number of piperidine rings is 1. The number of likely N-dealkylation sites (tertiary alicyclic amines) is 1. The van der Waals surface area contributed by atoms with Crippen LogP contribution in [-0.4, -0.2) is 60.6 Å². The van der Waals surface area contributed by atoms with Crippen LogP contribution in [0.15, 0.2) is 51.9 Å². The molecule has 5 heterocycles. The van der Waals surface area contributed by atoms with Crippen LogP contribution >= 0.6 is 0 Å². The van der Waals surface area contributed by atoms with E-state index in [2.05, 4.69) is 15.1 Å². The van der Waals surface area contributed by atoms with E-state index in [0.717, 1.165) is 16.6 Å². The topological polar surface area (TPSA) is 119 Å². The molecule has 2 aliphatic rings. The highest BCUT2D eigenvalue weighted by Gasteiger charge is 2.39. The van der Waals surface area contributed by atoms with Crippen molar-refractivity contribution in [3.63, 3.8) is 0 Å². The maximum absolute atomic E-state index is 13.2. The first-order valence-corrected chi connectivity index (χ1v) is 12.4. The maximum atomic E-state index is 13.2. The molecular weight excluding hydrogens is 474 g/mol. The van der Waals surface area contributed by atoms with Crippen molar-refractivity contribution in [1.82, 2.24) is 29.2 Å². The van der Waals surface area contributed by atoms with Crippen LogP contribution in [0.3, 0.4) is 0 Å². The molecule has 0 N–H and O–H groups in total. The van der Waals surface area contributed by atoms with Gasteiger partial charge in [0.1, 0.15) is 5.82 Å². The maximum Gasteiger partial charge on any atom is 0.328 e. The largest absolute Gasteiger partial charge is 0.342 e. The van der Waals surface area contributed by atoms with Gasteiger partial charge in [0.2, 0.25) is 23.5 Å². The van der Waals surface area contributed by atoms with Crippen molar-refractivity contribution in [3.05, 3.63) is 59.0 Å². The van der Waals surface area contributed by atoms with Gasteiger partial charge in [0.15, 0.2) is 0 Å². The Morgan fingerprint density at radius 1 is 1.03 bits per heavy atom. The van der Waals surface area contributed by atoms with Crippen LogP contribution in [0.25, 0.3) is 22.4 Å². The Morgan fingerprint density at radius 2 is 1.81 bits per heavy atom. The first kappa shape index (κ1) is 23.1. The molecule has 1 atom stereocenters. The number of carbonyl (C=O) groups is 2. The summed E-state index contributed by atoms with van der Waals surface area (Å²) in [5.74, 6) is 1.27. The number of amides is 2. The van der Waals surface area contributed by atoms with Crippen LogP contribution < -0.4 is 10.6 Å². The van der Waals surface area contributed by atoms with Crippen LogP contribution in [-0.2, 0) is 23.7 Å². The Hall–Kier alpha value is -4.28. The molecule has 2 amide bonds. The van der Waals surface area contributed by atoms with Crippen LogP contribution in [0, 0.1) is 5.92 Å². The fraction of sp³-hybridized carbons (Fsp3) is 0.385. The van der Waals surface area contributed by atoms with E-state index in [9.17, 15) is 14.4 Å². The van der Waals surface area contributed by atoms with Crippen molar-refractivity contribution in [2.45, 2.75) is 25.2 Å². The minimum Gasteiger partial charge on any atom is -0.342 e. The monoisotopic (exact) mass is 501 g/mol. The van der Waals surface area contributed by atoms with Gasteiger partial charge < -0.3 is 9.42 Å². The van der Waals surface area contributed by atoms with Gasteiger partial charge in [0.05, 0.1) is 17.0 Å².